The zero-order valence-corrected chi connectivity index (χ0v) is 18.1. The van der Waals surface area contributed by atoms with Gasteiger partial charge in [-0.25, -0.2) is 4.79 Å². The fraction of sp³-hybridized carbons (Fsp3) is 0.789. The number of nitrogens with one attached hydrogen (secondary N) is 4. The number of urea groups is 1. The van der Waals surface area contributed by atoms with Crippen molar-refractivity contribution in [1.82, 2.24) is 26.2 Å². The number of rotatable bonds is 9. The number of likely N-dealkylation sites (N-methyl/N-ethyl adjacent to an activating group) is 1. The smallest absolute Gasteiger partial charge is 0.385 e. The van der Waals surface area contributed by atoms with Crippen LogP contribution >= 0.6 is 0 Å². The SMILES string of the molecule is CCN(CC)CCNC(=O)C1=C(C)NCC1(C)NC(=O)N[C@@H](C)C(C)C(F)(F)F. The first-order valence-electron chi connectivity index (χ1n) is 9.96. The van der Waals surface area contributed by atoms with Gasteiger partial charge in [-0.15, -0.1) is 0 Å². The molecule has 7 nitrogen and oxygen atoms in total. The average molecular weight is 422 g/mol. The Hall–Kier alpha value is -1.97. The van der Waals surface area contributed by atoms with Crippen LogP contribution in [0, 0.1) is 5.92 Å². The van der Waals surface area contributed by atoms with Crippen molar-refractivity contribution in [2.75, 3.05) is 32.7 Å². The van der Waals surface area contributed by atoms with Crippen LogP contribution in [0.1, 0.15) is 41.5 Å². The van der Waals surface area contributed by atoms with E-state index >= 15 is 0 Å². The van der Waals surface area contributed by atoms with Crippen molar-refractivity contribution in [3.63, 3.8) is 0 Å². The Morgan fingerprint density at radius 2 is 1.83 bits per heavy atom. The maximum absolute atomic E-state index is 12.8. The largest absolute Gasteiger partial charge is 0.393 e. The van der Waals surface area contributed by atoms with Crippen molar-refractivity contribution in [2.45, 2.75) is 59.3 Å². The molecule has 2 unspecified atom stereocenters. The van der Waals surface area contributed by atoms with Gasteiger partial charge in [0.25, 0.3) is 5.91 Å². The third-order valence-electron chi connectivity index (χ3n) is 5.48. The zero-order chi connectivity index (χ0) is 22.4. The zero-order valence-electron chi connectivity index (χ0n) is 18.1. The number of allylic oxidation sites excluding steroid dienone is 1. The third kappa shape index (κ3) is 6.80. The number of hydrogen-bond acceptors (Lipinski definition) is 4. The summed E-state index contributed by atoms with van der Waals surface area (Å²) < 4.78 is 38.5. The molecule has 0 aromatic heterocycles. The van der Waals surface area contributed by atoms with Crippen molar-refractivity contribution in [1.29, 1.82) is 0 Å². The van der Waals surface area contributed by atoms with Gasteiger partial charge in [0.15, 0.2) is 0 Å². The Kier molecular flexibility index (Phi) is 8.80. The fourth-order valence-electron chi connectivity index (χ4n) is 3.29. The van der Waals surface area contributed by atoms with E-state index in [1.165, 1.54) is 6.92 Å². The minimum absolute atomic E-state index is 0.272. The molecule has 0 spiro atoms. The monoisotopic (exact) mass is 421 g/mol. The Bertz CT molecular complexity index is 619. The van der Waals surface area contributed by atoms with Gasteiger partial charge in [-0.1, -0.05) is 20.8 Å². The summed E-state index contributed by atoms with van der Waals surface area (Å²) in [6.45, 7) is 13.0. The van der Waals surface area contributed by atoms with Crippen LogP contribution in [0.3, 0.4) is 0 Å². The first-order chi connectivity index (χ1) is 13.4. The summed E-state index contributed by atoms with van der Waals surface area (Å²) in [6, 6.07) is -1.86. The van der Waals surface area contributed by atoms with Crippen LogP contribution in [0.15, 0.2) is 11.3 Å². The molecule has 1 rings (SSSR count). The van der Waals surface area contributed by atoms with Crippen molar-refractivity contribution < 1.29 is 22.8 Å². The molecule has 1 aliphatic rings. The molecule has 3 atom stereocenters. The lowest BCUT2D eigenvalue weighted by Crippen LogP contribution is -2.57. The van der Waals surface area contributed by atoms with Crippen molar-refractivity contribution in [3.05, 3.63) is 11.3 Å². The first kappa shape index (κ1) is 25.1. The Morgan fingerprint density at radius 3 is 2.34 bits per heavy atom. The highest BCUT2D eigenvalue weighted by Crippen LogP contribution is 2.28. The molecule has 0 saturated heterocycles. The molecule has 10 heteroatoms. The highest BCUT2D eigenvalue weighted by Gasteiger charge is 2.43. The summed E-state index contributed by atoms with van der Waals surface area (Å²) in [5.74, 6) is -2.00. The molecule has 168 valence electrons. The molecule has 4 N–H and O–H groups in total. The van der Waals surface area contributed by atoms with E-state index in [-0.39, 0.29) is 12.5 Å². The summed E-state index contributed by atoms with van der Waals surface area (Å²) in [6.07, 6.45) is -4.40. The molecule has 1 aliphatic heterocycles. The van der Waals surface area contributed by atoms with Crippen LogP contribution in [0.5, 0.6) is 0 Å². The second-order valence-electron chi connectivity index (χ2n) is 7.69. The van der Waals surface area contributed by atoms with Crippen LogP contribution in [0.25, 0.3) is 0 Å². The molecule has 0 aromatic rings. The lowest BCUT2D eigenvalue weighted by molar-refractivity contribution is -0.175. The van der Waals surface area contributed by atoms with E-state index in [9.17, 15) is 22.8 Å². The van der Waals surface area contributed by atoms with Crippen molar-refractivity contribution in [3.8, 4) is 0 Å². The van der Waals surface area contributed by atoms with Crippen LogP contribution in [0.2, 0.25) is 0 Å². The lowest BCUT2D eigenvalue weighted by atomic mass is 9.92. The quantitative estimate of drug-likeness (QED) is 0.459. The van der Waals surface area contributed by atoms with Crippen molar-refractivity contribution >= 4 is 11.9 Å². The number of amides is 3. The maximum Gasteiger partial charge on any atom is 0.393 e. The van der Waals surface area contributed by atoms with E-state index in [0.717, 1.165) is 20.0 Å². The minimum atomic E-state index is -4.40. The fourth-order valence-corrected chi connectivity index (χ4v) is 3.29. The Balaban J connectivity index is 2.74. The molecule has 29 heavy (non-hydrogen) atoms. The van der Waals surface area contributed by atoms with E-state index < -0.39 is 29.7 Å². The first-order valence-corrected chi connectivity index (χ1v) is 9.96. The molecule has 0 aliphatic carbocycles. The van der Waals surface area contributed by atoms with Gasteiger partial charge in [-0.3, -0.25) is 4.79 Å². The highest BCUT2D eigenvalue weighted by atomic mass is 19.4. The Morgan fingerprint density at radius 1 is 1.24 bits per heavy atom. The summed E-state index contributed by atoms with van der Waals surface area (Å²) in [7, 11) is 0. The predicted octanol–water partition coefficient (Wildman–Crippen LogP) is 1.97. The standard InChI is InChI=1S/C19H34F3N5O2/c1-7-27(8-2)10-9-23-16(28)15-14(5)24-11-18(15,6)26-17(29)25-13(4)12(3)19(20,21)22/h12-13,24H,7-11H2,1-6H3,(H,23,28)(H2,25,26,29)/t12?,13-,18?/m0/s1. The minimum Gasteiger partial charge on any atom is -0.385 e. The molecule has 3 amide bonds. The topological polar surface area (TPSA) is 85.5 Å². The summed E-state index contributed by atoms with van der Waals surface area (Å²) in [4.78, 5) is 27.2. The Labute approximate surface area is 170 Å². The predicted molar refractivity (Wildman–Crippen MR) is 106 cm³/mol. The number of hydrogen-bond donors (Lipinski definition) is 4. The normalized spacial score (nSPS) is 21.6. The third-order valence-corrected chi connectivity index (χ3v) is 5.48. The number of alkyl halides is 3. The molecule has 0 radical (unpaired) electrons. The van der Waals surface area contributed by atoms with Gasteiger partial charge >= 0.3 is 12.2 Å². The van der Waals surface area contributed by atoms with E-state index in [4.69, 9.17) is 0 Å². The van der Waals surface area contributed by atoms with Crippen molar-refractivity contribution in [2.24, 2.45) is 5.92 Å². The van der Waals surface area contributed by atoms with Crippen LogP contribution < -0.4 is 21.3 Å². The lowest BCUT2D eigenvalue weighted by Gasteiger charge is -2.30. The van der Waals surface area contributed by atoms with Gasteiger partial charge in [-0.05, 0) is 33.9 Å². The van der Waals surface area contributed by atoms with Gasteiger partial charge in [0.05, 0.1) is 17.0 Å². The molecule has 1 heterocycles. The second-order valence-corrected chi connectivity index (χ2v) is 7.69. The van der Waals surface area contributed by atoms with E-state index in [0.29, 0.717) is 24.4 Å². The summed E-state index contributed by atoms with van der Waals surface area (Å²) in [5.41, 5.74) is -0.0252. The summed E-state index contributed by atoms with van der Waals surface area (Å²) >= 11 is 0. The van der Waals surface area contributed by atoms with Gasteiger partial charge in [0.1, 0.15) is 0 Å². The molecule has 0 fully saturated rings. The number of carbonyl (C=O) groups is 2. The molecule has 0 saturated carbocycles. The van der Waals surface area contributed by atoms with Gasteiger partial charge in [0.2, 0.25) is 0 Å². The molecule has 0 bridgehead atoms. The van der Waals surface area contributed by atoms with E-state index in [2.05, 4.69) is 26.2 Å². The van der Waals surface area contributed by atoms with Crippen LogP contribution in [0.4, 0.5) is 18.0 Å². The van der Waals surface area contributed by atoms with Gasteiger partial charge in [0, 0.05) is 31.4 Å². The summed E-state index contributed by atoms with van der Waals surface area (Å²) in [5, 5.41) is 10.9. The number of halogens is 3. The van der Waals surface area contributed by atoms with Crippen LogP contribution in [-0.4, -0.2) is 67.3 Å². The van der Waals surface area contributed by atoms with E-state index in [1.54, 1.807) is 13.8 Å². The molecule has 0 aromatic carbocycles. The second kappa shape index (κ2) is 10.2. The molecular weight excluding hydrogens is 387 g/mol. The highest BCUT2D eigenvalue weighted by molar-refractivity contribution is 5.98. The van der Waals surface area contributed by atoms with E-state index in [1.807, 2.05) is 13.8 Å². The van der Waals surface area contributed by atoms with Gasteiger partial charge < -0.3 is 26.2 Å². The maximum atomic E-state index is 12.8. The number of nitrogens with zero attached hydrogens (tertiary/aromatic N) is 1. The number of carbonyl (C=O) groups excluding carboxylic acids is 2. The van der Waals surface area contributed by atoms with Crippen LogP contribution in [-0.2, 0) is 4.79 Å². The van der Waals surface area contributed by atoms with Gasteiger partial charge in [-0.2, -0.15) is 13.2 Å². The molecular formula is C19H34F3N5O2. The average Bonchev–Trinajstić information content (AvgIpc) is 2.91.